The molecule has 2 heterocycles. The lowest BCUT2D eigenvalue weighted by molar-refractivity contribution is -0.235. The molecule has 0 aromatic heterocycles. The van der Waals surface area contributed by atoms with Crippen molar-refractivity contribution in [3.8, 4) is 0 Å². The molecule has 5 amide bonds. The normalized spacial score (nSPS) is 33.2. The van der Waals surface area contributed by atoms with Gasteiger partial charge in [-0.15, -0.1) is 0 Å². The minimum Gasteiger partial charge on any atom is -0.390 e. The van der Waals surface area contributed by atoms with Crippen molar-refractivity contribution < 1.29 is 62.0 Å². The number of hydrogen-bond acceptors (Lipinski definition) is 11. The molecule has 12 atom stereocenters. The van der Waals surface area contributed by atoms with Gasteiger partial charge in [-0.05, 0) is 106 Å². The van der Waals surface area contributed by atoms with Crippen LogP contribution < -0.4 is 16.0 Å². The van der Waals surface area contributed by atoms with Crippen molar-refractivity contribution in [2.45, 2.75) is 127 Å². The Kier molecular flexibility index (Phi) is 13.3. The molecule has 2 aromatic carbocycles. The van der Waals surface area contributed by atoms with Crippen molar-refractivity contribution in [3.63, 3.8) is 0 Å². The van der Waals surface area contributed by atoms with Gasteiger partial charge >= 0.3 is 0 Å². The van der Waals surface area contributed by atoms with Crippen molar-refractivity contribution in [2.75, 3.05) is 18.5 Å². The molecule has 2 aromatic rings. The van der Waals surface area contributed by atoms with E-state index < -0.39 is 101 Å². The number of unbranched alkanes of at least 4 members (excludes halogenated alkanes) is 2. The molecule has 2 aliphatic heterocycles. The predicted molar refractivity (Wildman–Crippen MR) is 241 cm³/mol. The number of benzene rings is 2. The van der Waals surface area contributed by atoms with Crippen LogP contribution in [0.4, 0.5) is 14.5 Å². The largest absolute Gasteiger partial charge is 0.390 e. The van der Waals surface area contributed by atoms with Crippen LogP contribution in [-0.4, -0.2) is 111 Å². The Morgan fingerprint density at radius 2 is 1.59 bits per heavy atom. The fourth-order valence-electron chi connectivity index (χ4n) is 11.9. The van der Waals surface area contributed by atoms with Crippen molar-refractivity contribution in [3.05, 3.63) is 101 Å². The number of aliphatic hydroxyl groups excluding tert-OH is 2. The van der Waals surface area contributed by atoms with Gasteiger partial charge in [0.05, 0.1) is 12.2 Å². The Hall–Kier alpha value is -5.75. The molecule has 5 N–H and O–H groups in total. The van der Waals surface area contributed by atoms with E-state index in [1.807, 2.05) is 18.2 Å². The van der Waals surface area contributed by atoms with E-state index in [4.69, 9.17) is 9.47 Å². The van der Waals surface area contributed by atoms with E-state index in [2.05, 4.69) is 16.0 Å². The van der Waals surface area contributed by atoms with Gasteiger partial charge < -0.3 is 35.6 Å². The van der Waals surface area contributed by atoms with Crippen molar-refractivity contribution in [1.29, 1.82) is 0 Å². The number of amides is 5. The van der Waals surface area contributed by atoms with Gasteiger partial charge in [-0.3, -0.25) is 38.5 Å². The molecule has 8 rings (SSSR count). The van der Waals surface area contributed by atoms with E-state index in [-0.39, 0.29) is 55.5 Å². The minimum absolute atomic E-state index is 0.000227. The quantitative estimate of drug-likeness (QED) is 0.118. The number of anilines is 1. The number of hydrogen-bond donors (Lipinski definition) is 5. The average molecular weight is 941 g/mol. The Morgan fingerprint density at radius 3 is 2.29 bits per heavy atom. The molecule has 4 aliphatic carbocycles. The summed E-state index contributed by atoms with van der Waals surface area (Å²) in [4.78, 5) is 89.1. The summed E-state index contributed by atoms with van der Waals surface area (Å²) in [5, 5.41) is 30.2. The zero-order chi connectivity index (χ0) is 48.9. The number of nitrogens with one attached hydrogen (secondary N) is 3. The fraction of sp³-hybridized carbons (Fsp3) is 0.510. The first-order valence-corrected chi connectivity index (χ1v) is 23.3. The van der Waals surface area contributed by atoms with Gasteiger partial charge in [0.25, 0.3) is 11.8 Å². The second-order valence-corrected chi connectivity index (χ2v) is 19.6. The fourth-order valence-corrected chi connectivity index (χ4v) is 11.9. The first-order valence-electron chi connectivity index (χ1n) is 23.3. The highest BCUT2D eigenvalue weighted by Crippen LogP contribution is 2.72. The Bertz CT molecular complexity index is 2480. The van der Waals surface area contributed by atoms with Gasteiger partial charge in [0, 0.05) is 53.1 Å². The second kappa shape index (κ2) is 18.6. The molecule has 17 heteroatoms. The molecule has 0 bridgehead atoms. The monoisotopic (exact) mass is 940 g/mol. The maximum Gasteiger partial charge on any atom is 0.253 e. The topological polar surface area (TPSA) is 218 Å². The molecule has 6 aliphatic rings. The van der Waals surface area contributed by atoms with E-state index in [0.29, 0.717) is 36.9 Å². The summed E-state index contributed by atoms with van der Waals surface area (Å²) in [7, 11) is 0. The molecular formula is C51H58F2N4O11. The minimum atomic E-state index is -2.35. The number of imide groups is 1. The molecule has 1 saturated heterocycles. The zero-order valence-electron chi connectivity index (χ0n) is 38.5. The maximum absolute atomic E-state index is 17.8. The number of ether oxygens (including phenoxy) is 2. The van der Waals surface area contributed by atoms with Crippen LogP contribution in [0.3, 0.4) is 0 Å². The molecule has 15 nitrogen and oxygen atoms in total. The zero-order valence-corrected chi connectivity index (χ0v) is 38.5. The highest BCUT2D eigenvalue weighted by molar-refractivity contribution is 6.12. The lowest BCUT2D eigenvalue weighted by Crippen LogP contribution is -2.70. The number of Topliss-reactive ketones (excluding diaryl/α,β-unsaturated/α-hetero) is 1. The number of nitrogens with zero attached hydrogens (tertiary/aromatic N) is 1. The third kappa shape index (κ3) is 8.34. The van der Waals surface area contributed by atoms with Crippen molar-refractivity contribution >= 4 is 46.8 Å². The molecule has 4 fully saturated rings. The average Bonchev–Trinajstić information content (AvgIpc) is 3.93. The molecule has 0 spiro atoms. The molecule has 68 heavy (non-hydrogen) atoms. The van der Waals surface area contributed by atoms with E-state index in [1.165, 1.54) is 45.1 Å². The maximum atomic E-state index is 17.8. The van der Waals surface area contributed by atoms with Crippen LogP contribution in [0.25, 0.3) is 0 Å². The highest BCUT2D eigenvalue weighted by Gasteiger charge is 2.80. The number of ketones is 2. The number of aliphatic hydroxyl groups is 2. The number of carbonyl (C=O) groups is 7. The van der Waals surface area contributed by atoms with E-state index >= 15 is 8.78 Å². The van der Waals surface area contributed by atoms with Gasteiger partial charge in [0.1, 0.15) is 24.9 Å². The van der Waals surface area contributed by atoms with Crippen LogP contribution >= 0.6 is 0 Å². The first kappa shape index (κ1) is 48.7. The predicted octanol–water partition coefficient (Wildman–Crippen LogP) is 4.35. The van der Waals surface area contributed by atoms with Crippen molar-refractivity contribution in [1.82, 2.24) is 15.5 Å². The number of alkyl halides is 2. The smallest absolute Gasteiger partial charge is 0.253 e. The summed E-state index contributed by atoms with van der Waals surface area (Å²) in [5.74, 6) is -4.89. The third-order valence-electron chi connectivity index (χ3n) is 15.5. The van der Waals surface area contributed by atoms with Crippen molar-refractivity contribution in [2.24, 2.45) is 22.7 Å². The molecule has 1 unspecified atom stereocenters. The van der Waals surface area contributed by atoms with Crippen LogP contribution in [0.15, 0.2) is 84.5 Å². The Balaban J connectivity index is 0.847. The van der Waals surface area contributed by atoms with Crippen LogP contribution in [0.1, 0.15) is 95.6 Å². The van der Waals surface area contributed by atoms with E-state index in [9.17, 15) is 43.8 Å². The van der Waals surface area contributed by atoms with Gasteiger partial charge in [0.2, 0.25) is 17.7 Å². The van der Waals surface area contributed by atoms with Gasteiger partial charge in [-0.25, -0.2) is 8.78 Å². The Labute approximate surface area is 392 Å². The van der Waals surface area contributed by atoms with Crippen LogP contribution in [0, 0.1) is 22.7 Å². The number of rotatable bonds is 16. The van der Waals surface area contributed by atoms with E-state index in [0.717, 1.165) is 22.1 Å². The molecular weight excluding hydrogens is 883 g/mol. The Morgan fingerprint density at radius 1 is 0.882 bits per heavy atom. The van der Waals surface area contributed by atoms with Crippen LogP contribution in [0.5, 0.6) is 0 Å². The highest BCUT2D eigenvalue weighted by atomic mass is 19.1. The number of fused-ring (bicyclic) bond motifs is 7. The standard InChI is InChI=1S/C51H58F2N4O11/c1-28(54-42(62)11-6-5-7-20-57-43(63)16-17-44(57)64)45(65)55-29(2)46(66)56-33-10-8-9-31(22-33)21-30-12-14-32(15-13-30)47-67-41-25-35-36-24-38(52)37-23-34(59)18-19-48(37,3)50(36,53)39(60)26-49(35,4)51(41,68-47)40(61)27-58/h8-10,12-19,22-23,28-29,35-36,38-39,41,47,58,60H,5-7,11,20-21,24-27H2,1-4H3,(H,54,62)(H,55,65)(H,56,66)/t28-,29-,35-,36-,38-,39-,41?,47+,48-,49-,50-,51+/m0/s1. The lowest BCUT2D eigenvalue weighted by atomic mass is 9.44. The second-order valence-electron chi connectivity index (χ2n) is 19.6. The number of allylic oxidation sites excluding steroid dienone is 4. The molecule has 362 valence electrons. The SMILES string of the molecule is C[C@H](NC(=O)CCCCCN1C(=O)C=CC1=O)C(=O)N[C@@H](C)C(=O)Nc1cccc(Cc2ccc([C@@H]3OC4C[C@H]5[C@@H]6C[C@H](F)C7=CC(=O)C=C[C@]7(C)[C@@]6(F)[C@@H](O)C[C@]5(C)[C@]4(C(=O)CO)O3)cc2)c1. The summed E-state index contributed by atoms with van der Waals surface area (Å²) >= 11 is 0. The summed E-state index contributed by atoms with van der Waals surface area (Å²) in [6, 6.07) is 12.7. The summed E-state index contributed by atoms with van der Waals surface area (Å²) in [5.41, 5.74) is -4.14. The molecule has 0 radical (unpaired) electrons. The number of carbonyl (C=O) groups excluding carboxylic acids is 7. The van der Waals surface area contributed by atoms with Gasteiger partial charge in [-0.1, -0.05) is 55.8 Å². The number of halogens is 2. The van der Waals surface area contributed by atoms with E-state index in [1.54, 1.807) is 37.3 Å². The lowest BCUT2D eigenvalue weighted by Gasteiger charge is -2.63. The summed E-state index contributed by atoms with van der Waals surface area (Å²) in [6.45, 7) is 5.68. The first-order chi connectivity index (χ1) is 32.2. The van der Waals surface area contributed by atoms with Crippen LogP contribution in [-0.2, 0) is 49.5 Å². The molecule has 3 saturated carbocycles. The van der Waals surface area contributed by atoms with Gasteiger partial charge in [0.15, 0.2) is 29.1 Å². The van der Waals surface area contributed by atoms with Crippen LogP contribution in [0.2, 0.25) is 0 Å². The summed E-state index contributed by atoms with van der Waals surface area (Å²) in [6.07, 6.45) is 2.73. The third-order valence-corrected chi connectivity index (χ3v) is 15.5. The summed E-state index contributed by atoms with van der Waals surface area (Å²) < 4.78 is 46.8. The van der Waals surface area contributed by atoms with Gasteiger partial charge in [-0.2, -0.15) is 0 Å².